The van der Waals surface area contributed by atoms with Crippen LogP contribution in [0, 0.1) is 0 Å². The minimum absolute atomic E-state index is 0.0408. The largest absolute Gasteiger partial charge is 0.465 e. The summed E-state index contributed by atoms with van der Waals surface area (Å²) in [6.07, 6.45) is 0. The Morgan fingerprint density at radius 2 is 1.96 bits per heavy atom. The highest BCUT2D eigenvalue weighted by molar-refractivity contribution is 7.89. The van der Waals surface area contributed by atoms with Crippen molar-refractivity contribution in [2.24, 2.45) is 0 Å². The van der Waals surface area contributed by atoms with Crippen molar-refractivity contribution < 1.29 is 17.9 Å². The number of sulfonamides is 1. The summed E-state index contributed by atoms with van der Waals surface area (Å²) in [6, 6.07) is 13.5. The molecule has 0 atom stereocenters. The minimum Gasteiger partial charge on any atom is -0.465 e. The average molecular weight is 376 g/mol. The number of fused-ring (bicyclic) bond motifs is 1. The highest BCUT2D eigenvalue weighted by atomic mass is 32.2. The van der Waals surface area contributed by atoms with Crippen LogP contribution in [0.2, 0.25) is 0 Å². The number of thiazole rings is 1. The molecular formula is C17H16N2O4S2. The number of benzene rings is 2. The van der Waals surface area contributed by atoms with Gasteiger partial charge in [0.15, 0.2) is 0 Å². The number of methoxy groups -OCH3 is 1. The van der Waals surface area contributed by atoms with E-state index >= 15 is 0 Å². The highest BCUT2D eigenvalue weighted by Gasteiger charge is 2.23. The van der Waals surface area contributed by atoms with Gasteiger partial charge < -0.3 is 4.74 Å². The Kier molecular flexibility index (Phi) is 4.85. The lowest BCUT2D eigenvalue weighted by Gasteiger charge is -2.16. The summed E-state index contributed by atoms with van der Waals surface area (Å²) < 4.78 is 32.4. The summed E-state index contributed by atoms with van der Waals surface area (Å²) in [6.45, 7) is 0.157. The third-order valence-corrected chi connectivity index (χ3v) is 6.48. The number of aromatic nitrogens is 1. The van der Waals surface area contributed by atoms with Crippen molar-refractivity contribution >= 4 is 37.5 Å². The van der Waals surface area contributed by atoms with Gasteiger partial charge in [0.1, 0.15) is 5.01 Å². The first-order chi connectivity index (χ1) is 11.9. The summed E-state index contributed by atoms with van der Waals surface area (Å²) in [4.78, 5) is 16.1. The average Bonchev–Trinajstić information content (AvgIpc) is 3.03. The third-order valence-electron chi connectivity index (χ3n) is 3.66. The van der Waals surface area contributed by atoms with E-state index in [1.54, 1.807) is 0 Å². The van der Waals surface area contributed by atoms with Crippen LogP contribution in [-0.2, 0) is 21.3 Å². The van der Waals surface area contributed by atoms with Crippen molar-refractivity contribution in [3.63, 3.8) is 0 Å². The van der Waals surface area contributed by atoms with Crippen LogP contribution in [0.1, 0.15) is 15.4 Å². The van der Waals surface area contributed by atoms with Crippen molar-refractivity contribution in [3.05, 3.63) is 59.1 Å². The van der Waals surface area contributed by atoms with Gasteiger partial charge in [-0.25, -0.2) is 18.2 Å². The smallest absolute Gasteiger partial charge is 0.337 e. The second-order valence-corrected chi connectivity index (χ2v) is 8.52. The number of carbonyl (C=O) groups excluding carboxylic acids is 1. The maximum atomic E-state index is 12.8. The molecule has 0 N–H and O–H groups in total. The fraction of sp³-hybridized carbons (Fsp3) is 0.176. The molecule has 3 rings (SSSR count). The Morgan fingerprint density at radius 3 is 2.68 bits per heavy atom. The lowest BCUT2D eigenvalue weighted by Crippen LogP contribution is -2.26. The van der Waals surface area contributed by atoms with Crippen molar-refractivity contribution in [3.8, 4) is 0 Å². The molecule has 0 saturated carbocycles. The second kappa shape index (κ2) is 6.91. The van der Waals surface area contributed by atoms with Crippen LogP contribution in [0.3, 0.4) is 0 Å². The predicted molar refractivity (Wildman–Crippen MR) is 96.1 cm³/mol. The number of esters is 1. The molecule has 1 aromatic heterocycles. The van der Waals surface area contributed by atoms with Gasteiger partial charge in [0.25, 0.3) is 0 Å². The van der Waals surface area contributed by atoms with E-state index in [1.165, 1.54) is 54.1 Å². The minimum atomic E-state index is -3.75. The van der Waals surface area contributed by atoms with E-state index in [-0.39, 0.29) is 17.0 Å². The van der Waals surface area contributed by atoms with Crippen molar-refractivity contribution in [1.29, 1.82) is 0 Å². The molecule has 0 aliphatic carbocycles. The first kappa shape index (κ1) is 17.5. The molecule has 0 fully saturated rings. The zero-order valence-corrected chi connectivity index (χ0v) is 15.3. The molecule has 3 aromatic rings. The number of para-hydroxylation sites is 1. The molecule has 0 amide bonds. The number of nitrogens with zero attached hydrogens (tertiary/aromatic N) is 2. The van der Waals surface area contributed by atoms with E-state index in [4.69, 9.17) is 0 Å². The number of hydrogen-bond acceptors (Lipinski definition) is 6. The molecule has 0 radical (unpaired) electrons. The highest BCUT2D eigenvalue weighted by Crippen LogP contribution is 2.24. The molecule has 0 unspecified atom stereocenters. The zero-order chi connectivity index (χ0) is 18.0. The fourth-order valence-corrected chi connectivity index (χ4v) is 4.63. The van der Waals surface area contributed by atoms with Gasteiger partial charge in [-0.2, -0.15) is 4.31 Å². The Balaban J connectivity index is 1.87. The van der Waals surface area contributed by atoms with Crippen molar-refractivity contribution in [2.75, 3.05) is 14.2 Å². The molecule has 1 heterocycles. The second-order valence-electron chi connectivity index (χ2n) is 5.36. The molecule has 0 spiro atoms. The van der Waals surface area contributed by atoms with Gasteiger partial charge in [-0.3, -0.25) is 0 Å². The van der Waals surface area contributed by atoms with Crippen LogP contribution in [0.15, 0.2) is 53.4 Å². The first-order valence-corrected chi connectivity index (χ1v) is 9.66. The van der Waals surface area contributed by atoms with Crippen molar-refractivity contribution in [2.45, 2.75) is 11.4 Å². The van der Waals surface area contributed by atoms with Gasteiger partial charge in [-0.15, -0.1) is 11.3 Å². The van der Waals surface area contributed by atoms with E-state index in [2.05, 4.69) is 9.72 Å². The molecule has 8 heteroatoms. The summed E-state index contributed by atoms with van der Waals surface area (Å²) in [5.74, 6) is -0.578. The molecule has 6 nitrogen and oxygen atoms in total. The SMILES string of the molecule is COC(=O)c1cccc(S(=O)(=O)N(C)Cc2nc3ccccc3s2)c1. The Morgan fingerprint density at radius 1 is 1.20 bits per heavy atom. The molecule has 130 valence electrons. The van der Waals surface area contributed by atoms with E-state index in [1.807, 2.05) is 24.3 Å². The third kappa shape index (κ3) is 3.55. The maximum Gasteiger partial charge on any atom is 0.337 e. The number of ether oxygens (including phenoxy) is 1. The lowest BCUT2D eigenvalue weighted by molar-refractivity contribution is 0.0600. The predicted octanol–water partition coefficient (Wildman–Crippen LogP) is 2.90. The van der Waals surface area contributed by atoms with Crippen LogP contribution >= 0.6 is 11.3 Å². The quantitative estimate of drug-likeness (QED) is 0.640. The fourth-order valence-electron chi connectivity index (χ4n) is 2.34. The van der Waals surface area contributed by atoms with E-state index in [0.717, 1.165) is 10.2 Å². The summed E-state index contributed by atoms with van der Waals surface area (Å²) in [7, 11) is -1.00. The van der Waals surface area contributed by atoms with Gasteiger partial charge in [0, 0.05) is 7.05 Å². The lowest BCUT2D eigenvalue weighted by atomic mass is 10.2. The Hall–Kier alpha value is -2.29. The summed E-state index contributed by atoms with van der Waals surface area (Å²) >= 11 is 1.46. The molecule has 25 heavy (non-hydrogen) atoms. The van der Waals surface area contributed by atoms with Gasteiger partial charge in [0.2, 0.25) is 10.0 Å². The van der Waals surface area contributed by atoms with E-state index < -0.39 is 16.0 Å². The van der Waals surface area contributed by atoms with E-state index in [9.17, 15) is 13.2 Å². The van der Waals surface area contributed by atoms with Crippen LogP contribution in [0.5, 0.6) is 0 Å². The van der Waals surface area contributed by atoms with Crippen LogP contribution in [0.25, 0.3) is 10.2 Å². The topological polar surface area (TPSA) is 76.6 Å². The zero-order valence-electron chi connectivity index (χ0n) is 13.7. The van der Waals surface area contributed by atoms with Gasteiger partial charge in [-0.1, -0.05) is 18.2 Å². The van der Waals surface area contributed by atoms with Gasteiger partial charge in [-0.05, 0) is 30.3 Å². The van der Waals surface area contributed by atoms with Gasteiger partial charge >= 0.3 is 5.97 Å². The summed E-state index contributed by atoms with van der Waals surface area (Å²) in [5.41, 5.74) is 1.04. The number of rotatable bonds is 5. The summed E-state index contributed by atoms with van der Waals surface area (Å²) in [5, 5.41) is 0.705. The van der Waals surface area contributed by atoms with Gasteiger partial charge in [0.05, 0.1) is 34.3 Å². The molecule has 0 bridgehead atoms. The van der Waals surface area contributed by atoms with Crippen LogP contribution in [-0.4, -0.2) is 37.8 Å². The first-order valence-electron chi connectivity index (χ1n) is 7.41. The van der Waals surface area contributed by atoms with Crippen LogP contribution in [0.4, 0.5) is 0 Å². The molecular weight excluding hydrogens is 360 g/mol. The monoisotopic (exact) mass is 376 g/mol. The van der Waals surface area contributed by atoms with Crippen LogP contribution < -0.4 is 0 Å². The van der Waals surface area contributed by atoms with E-state index in [0.29, 0.717) is 5.01 Å². The standard InChI is InChI=1S/C17H16N2O4S2/c1-19(11-16-18-14-8-3-4-9-15(14)24-16)25(21,22)13-7-5-6-12(10-13)17(20)23-2/h3-10H,11H2,1-2H3. The Bertz CT molecular complexity index is 995. The molecule has 0 aliphatic rings. The van der Waals surface area contributed by atoms with Crippen molar-refractivity contribution in [1.82, 2.24) is 9.29 Å². The Labute approximate surface area is 149 Å². The number of hydrogen-bond donors (Lipinski definition) is 0. The normalized spacial score (nSPS) is 11.8. The molecule has 0 aliphatic heterocycles. The number of carbonyl (C=O) groups is 1. The maximum absolute atomic E-state index is 12.8. The molecule has 2 aromatic carbocycles. The molecule has 0 saturated heterocycles.